The molecule has 0 saturated carbocycles. The summed E-state index contributed by atoms with van der Waals surface area (Å²) in [5.74, 6) is 0.592. The van der Waals surface area contributed by atoms with Gasteiger partial charge in [-0.2, -0.15) is 5.26 Å². The lowest BCUT2D eigenvalue weighted by molar-refractivity contribution is -0.0586. The summed E-state index contributed by atoms with van der Waals surface area (Å²) in [6, 6.07) is 13.1. The molecule has 6 nitrogen and oxygen atoms in total. The maximum absolute atomic E-state index is 12.7. The van der Waals surface area contributed by atoms with Crippen LogP contribution in [0.25, 0.3) is 0 Å². The average molecular weight is 350 g/mol. The van der Waals surface area contributed by atoms with Crippen LogP contribution in [-0.4, -0.2) is 41.1 Å². The van der Waals surface area contributed by atoms with E-state index in [1.807, 2.05) is 43.0 Å². The Bertz CT molecular complexity index is 803. The second-order valence-electron chi connectivity index (χ2n) is 6.53. The van der Waals surface area contributed by atoms with E-state index in [-0.39, 0.29) is 18.1 Å². The smallest absolute Gasteiger partial charge is 0.254 e. The third-order valence-electron chi connectivity index (χ3n) is 4.30. The van der Waals surface area contributed by atoms with Gasteiger partial charge < -0.3 is 15.0 Å². The van der Waals surface area contributed by atoms with Gasteiger partial charge in [0.1, 0.15) is 11.9 Å². The van der Waals surface area contributed by atoms with Crippen molar-refractivity contribution in [1.29, 1.82) is 5.26 Å². The average Bonchev–Trinajstić information content (AvgIpc) is 2.65. The summed E-state index contributed by atoms with van der Waals surface area (Å²) >= 11 is 0. The van der Waals surface area contributed by atoms with Crippen LogP contribution in [-0.2, 0) is 11.3 Å². The van der Waals surface area contributed by atoms with Gasteiger partial charge in [-0.3, -0.25) is 4.79 Å². The highest BCUT2D eigenvalue weighted by Crippen LogP contribution is 2.16. The van der Waals surface area contributed by atoms with E-state index in [2.05, 4.69) is 16.4 Å². The normalized spacial score (nSPS) is 19.7. The van der Waals surface area contributed by atoms with Crippen LogP contribution in [0.3, 0.4) is 0 Å². The maximum atomic E-state index is 12.7. The number of anilines is 1. The molecule has 2 unspecified atom stereocenters. The summed E-state index contributed by atoms with van der Waals surface area (Å²) in [6.45, 7) is 5.73. The predicted octanol–water partition coefficient (Wildman–Crippen LogP) is 2.81. The Morgan fingerprint density at radius 2 is 1.96 bits per heavy atom. The Morgan fingerprint density at radius 1 is 1.27 bits per heavy atom. The first kappa shape index (κ1) is 17.9. The van der Waals surface area contributed by atoms with E-state index in [9.17, 15) is 4.79 Å². The molecule has 6 heteroatoms. The van der Waals surface area contributed by atoms with Gasteiger partial charge in [-0.05, 0) is 43.7 Å². The molecule has 1 aromatic carbocycles. The lowest BCUT2D eigenvalue weighted by Gasteiger charge is -2.35. The summed E-state index contributed by atoms with van der Waals surface area (Å²) in [5.41, 5.74) is 2.19. The Morgan fingerprint density at radius 3 is 2.62 bits per heavy atom. The van der Waals surface area contributed by atoms with E-state index in [1.54, 1.807) is 18.3 Å². The molecule has 1 N–H and O–H groups in total. The molecule has 1 aromatic heterocycles. The SMILES string of the molecule is CC1CN(C(=O)c2ccc(CNc3ncccc3C#N)cc2)CC(C)O1. The first-order valence-electron chi connectivity index (χ1n) is 8.69. The van der Waals surface area contributed by atoms with Crippen molar-refractivity contribution in [3.8, 4) is 6.07 Å². The van der Waals surface area contributed by atoms with E-state index >= 15 is 0 Å². The second-order valence-corrected chi connectivity index (χ2v) is 6.53. The molecule has 1 amide bonds. The van der Waals surface area contributed by atoms with Crippen molar-refractivity contribution in [2.24, 2.45) is 0 Å². The molecular formula is C20H22N4O2. The Kier molecular flexibility index (Phi) is 5.49. The fraction of sp³-hybridized carbons (Fsp3) is 0.350. The largest absolute Gasteiger partial charge is 0.372 e. The maximum Gasteiger partial charge on any atom is 0.254 e. The third-order valence-corrected chi connectivity index (χ3v) is 4.30. The van der Waals surface area contributed by atoms with Gasteiger partial charge in [0.25, 0.3) is 5.91 Å². The van der Waals surface area contributed by atoms with E-state index in [0.717, 1.165) is 5.56 Å². The molecule has 3 rings (SSSR count). The molecule has 0 spiro atoms. The van der Waals surface area contributed by atoms with Crippen LogP contribution in [0, 0.1) is 11.3 Å². The monoisotopic (exact) mass is 350 g/mol. The summed E-state index contributed by atoms with van der Waals surface area (Å²) in [6.07, 6.45) is 1.76. The number of amides is 1. The lowest BCUT2D eigenvalue weighted by atomic mass is 10.1. The Labute approximate surface area is 153 Å². The quantitative estimate of drug-likeness (QED) is 0.917. The molecule has 2 aromatic rings. The summed E-state index contributed by atoms with van der Waals surface area (Å²) < 4.78 is 5.68. The summed E-state index contributed by atoms with van der Waals surface area (Å²) in [5, 5.41) is 12.3. The third kappa shape index (κ3) is 4.19. The Hall–Kier alpha value is -2.91. The zero-order valence-electron chi connectivity index (χ0n) is 15.0. The van der Waals surface area contributed by atoms with E-state index in [1.165, 1.54) is 0 Å². The fourth-order valence-electron chi connectivity index (χ4n) is 3.11. The van der Waals surface area contributed by atoms with Crippen molar-refractivity contribution in [3.63, 3.8) is 0 Å². The number of hydrogen-bond donors (Lipinski definition) is 1. The number of aromatic nitrogens is 1. The van der Waals surface area contributed by atoms with Gasteiger partial charge >= 0.3 is 0 Å². The number of nitriles is 1. The van der Waals surface area contributed by atoms with Gasteiger partial charge in [0.2, 0.25) is 0 Å². The van der Waals surface area contributed by atoms with E-state index in [0.29, 0.717) is 36.6 Å². The molecule has 26 heavy (non-hydrogen) atoms. The minimum atomic E-state index is 0.0306. The topological polar surface area (TPSA) is 78.3 Å². The molecule has 1 saturated heterocycles. The number of rotatable bonds is 4. The van der Waals surface area contributed by atoms with Crippen LogP contribution in [0.4, 0.5) is 5.82 Å². The number of carbonyl (C=O) groups is 1. The van der Waals surface area contributed by atoms with Gasteiger partial charge in [0.15, 0.2) is 0 Å². The Balaban J connectivity index is 1.63. The van der Waals surface area contributed by atoms with Crippen LogP contribution in [0.15, 0.2) is 42.6 Å². The molecule has 2 atom stereocenters. The number of ether oxygens (including phenoxy) is 1. The molecule has 134 valence electrons. The standard InChI is InChI=1S/C20H22N4O2/c1-14-12-24(13-15(2)26-14)20(25)17-7-5-16(6-8-17)11-23-19-18(10-21)4-3-9-22-19/h3-9,14-15H,11-13H2,1-2H3,(H,22,23). The molecule has 1 aliphatic rings. The highest BCUT2D eigenvalue weighted by Gasteiger charge is 2.26. The van der Waals surface area contributed by atoms with Gasteiger partial charge in [0, 0.05) is 31.4 Å². The van der Waals surface area contributed by atoms with Crippen molar-refractivity contribution < 1.29 is 9.53 Å². The van der Waals surface area contributed by atoms with Gasteiger partial charge in [0.05, 0.1) is 17.8 Å². The van der Waals surface area contributed by atoms with Crippen molar-refractivity contribution in [2.75, 3.05) is 18.4 Å². The van der Waals surface area contributed by atoms with Crippen LogP contribution in [0.5, 0.6) is 0 Å². The number of carbonyl (C=O) groups excluding carboxylic acids is 1. The number of hydrogen-bond acceptors (Lipinski definition) is 5. The number of morpholine rings is 1. The molecular weight excluding hydrogens is 328 g/mol. The first-order chi connectivity index (χ1) is 12.6. The highest BCUT2D eigenvalue weighted by atomic mass is 16.5. The van der Waals surface area contributed by atoms with Crippen LogP contribution in [0.1, 0.15) is 35.3 Å². The van der Waals surface area contributed by atoms with Crippen molar-refractivity contribution in [3.05, 3.63) is 59.3 Å². The minimum Gasteiger partial charge on any atom is -0.372 e. The highest BCUT2D eigenvalue weighted by molar-refractivity contribution is 5.94. The fourth-order valence-corrected chi connectivity index (χ4v) is 3.11. The zero-order chi connectivity index (χ0) is 18.5. The molecule has 2 heterocycles. The van der Waals surface area contributed by atoms with Gasteiger partial charge in [-0.1, -0.05) is 12.1 Å². The second kappa shape index (κ2) is 7.98. The number of pyridine rings is 1. The van der Waals surface area contributed by atoms with Crippen molar-refractivity contribution >= 4 is 11.7 Å². The van der Waals surface area contributed by atoms with Gasteiger partial charge in [-0.25, -0.2) is 4.98 Å². The van der Waals surface area contributed by atoms with E-state index in [4.69, 9.17) is 10.00 Å². The van der Waals surface area contributed by atoms with Crippen LogP contribution >= 0.6 is 0 Å². The molecule has 1 fully saturated rings. The van der Waals surface area contributed by atoms with E-state index < -0.39 is 0 Å². The molecule has 0 bridgehead atoms. The number of benzene rings is 1. The lowest BCUT2D eigenvalue weighted by Crippen LogP contribution is -2.48. The van der Waals surface area contributed by atoms with Crippen LogP contribution in [0.2, 0.25) is 0 Å². The predicted molar refractivity (Wildman–Crippen MR) is 98.6 cm³/mol. The minimum absolute atomic E-state index is 0.0306. The number of nitrogens with one attached hydrogen (secondary N) is 1. The first-order valence-corrected chi connectivity index (χ1v) is 8.69. The zero-order valence-corrected chi connectivity index (χ0v) is 15.0. The van der Waals surface area contributed by atoms with Crippen LogP contribution < -0.4 is 5.32 Å². The summed E-state index contributed by atoms with van der Waals surface area (Å²) in [7, 11) is 0. The number of nitrogens with zero attached hydrogens (tertiary/aromatic N) is 3. The molecule has 0 aliphatic carbocycles. The van der Waals surface area contributed by atoms with Gasteiger partial charge in [-0.15, -0.1) is 0 Å². The molecule has 0 radical (unpaired) electrons. The molecule has 1 aliphatic heterocycles. The van der Waals surface area contributed by atoms with Crippen molar-refractivity contribution in [1.82, 2.24) is 9.88 Å². The summed E-state index contributed by atoms with van der Waals surface area (Å²) in [4.78, 5) is 18.7. The van der Waals surface area contributed by atoms with Crippen molar-refractivity contribution in [2.45, 2.75) is 32.6 Å².